The number of piperidine rings is 1. The van der Waals surface area contributed by atoms with Crippen LogP contribution in [0.15, 0.2) is 60.5 Å². The van der Waals surface area contributed by atoms with E-state index in [0.717, 1.165) is 55.1 Å². The number of fused-ring (bicyclic) bond motifs is 1. The number of aromatic nitrogens is 2. The van der Waals surface area contributed by atoms with Crippen LogP contribution in [0.25, 0.3) is 16.6 Å². The molecule has 2 unspecified atom stereocenters. The quantitative estimate of drug-likeness (QED) is 0.338. The lowest BCUT2D eigenvalue weighted by Gasteiger charge is -2.34. The zero-order chi connectivity index (χ0) is 27.6. The molecule has 2 aliphatic rings. The number of alkyl halides is 3. The minimum atomic E-state index is -4.68. The molecule has 3 heterocycles. The van der Waals surface area contributed by atoms with Crippen molar-refractivity contribution in [3.63, 3.8) is 0 Å². The predicted molar refractivity (Wildman–Crippen MR) is 145 cm³/mol. The monoisotopic (exact) mass is 541 g/mol. The minimum absolute atomic E-state index is 0.134. The first-order valence-corrected chi connectivity index (χ1v) is 13.7. The summed E-state index contributed by atoms with van der Waals surface area (Å²) >= 11 is 0. The zero-order valence-corrected chi connectivity index (χ0v) is 22.4. The van der Waals surface area contributed by atoms with E-state index >= 15 is 0 Å². The third-order valence-corrected chi connectivity index (χ3v) is 8.30. The summed E-state index contributed by atoms with van der Waals surface area (Å²) in [6.45, 7) is 6.37. The summed E-state index contributed by atoms with van der Waals surface area (Å²) in [6, 6.07) is 6.37. The summed E-state index contributed by atoms with van der Waals surface area (Å²) in [5.74, 6) is 1.06. The van der Waals surface area contributed by atoms with Crippen molar-refractivity contribution in [2.45, 2.75) is 58.7 Å². The van der Waals surface area contributed by atoms with Crippen LogP contribution < -0.4 is 10.2 Å². The molecule has 8 heteroatoms. The molecule has 0 amide bonds. The van der Waals surface area contributed by atoms with Crippen LogP contribution >= 0.6 is 0 Å². The van der Waals surface area contributed by atoms with E-state index in [9.17, 15) is 17.6 Å². The van der Waals surface area contributed by atoms with Gasteiger partial charge in [0, 0.05) is 23.5 Å². The van der Waals surface area contributed by atoms with Gasteiger partial charge in [-0.3, -0.25) is 4.98 Å². The van der Waals surface area contributed by atoms with E-state index in [0.29, 0.717) is 28.9 Å². The fourth-order valence-corrected chi connectivity index (χ4v) is 6.03. The Bertz CT molecular complexity index is 1370. The maximum absolute atomic E-state index is 13.5. The van der Waals surface area contributed by atoms with Crippen molar-refractivity contribution in [1.29, 1.82) is 0 Å². The second-order valence-corrected chi connectivity index (χ2v) is 11.0. The fourth-order valence-electron chi connectivity index (χ4n) is 6.03. The first-order chi connectivity index (χ1) is 18.7. The van der Waals surface area contributed by atoms with Crippen molar-refractivity contribution in [2.24, 2.45) is 17.8 Å². The molecule has 1 fully saturated rings. The summed E-state index contributed by atoms with van der Waals surface area (Å²) < 4.78 is 55.3. The highest BCUT2D eigenvalue weighted by Gasteiger charge is 2.34. The molecule has 4 nitrogen and oxygen atoms in total. The van der Waals surface area contributed by atoms with Gasteiger partial charge in [-0.25, -0.2) is 4.39 Å². The molecule has 1 saturated heterocycles. The lowest BCUT2D eigenvalue weighted by atomic mass is 9.74. The lowest BCUT2D eigenvalue weighted by molar-refractivity contribution is -0.139. The van der Waals surface area contributed by atoms with Crippen LogP contribution in [-0.4, -0.2) is 22.8 Å². The van der Waals surface area contributed by atoms with Gasteiger partial charge in [-0.2, -0.15) is 17.9 Å². The smallest absolute Gasteiger partial charge is 0.409 e. The van der Waals surface area contributed by atoms with Gasteiger partial charge in [-0.05, 0) is 99.7 Å². The summed E-state index contributed by atoms with van der Waals surface area (Å²) in [6.07, 6.45) is 9.06. The Morgan fingerprint density at radius 3 is 2.67 bits per heavy atom. The maximum Gasteiger partial charge on any atom is 0.416 e. The molecule has 0 spiro atoms. The summed E-state index contributed by atoms with van der Waals surface area (Å²) in [5, 5.41) is 3.48. The third-order valence-electron chi connectivity index (χ3n) is 8.30. The highest BCUT2D eigenvalue weighted by molar-refractivity contribution is 5.83. The summed E-state index contributed by atoms with van der Waals surface area (Å²) in [7, 11) is 0. The van der Waals surface area contributed by atoms with Crippen molar-refractivity contribution in [3.8, 4) is 0 Å². The van der Waals surface area contributed by atoms with E-state index < -0.39 is 17.6 Å². The molecule has 1 aromatic carbocycles. The normalized spacial score (nSPS) is 21.6. The first-order valence-electron chi connectivity index (χ1n) is 13.7. The zero-order valence-electron chi connectivity index (χ0n) is 22.4. The van der Waals surface area contributed by atoms with Gasteiger partial charge in [-0.1, -0.05) is 30.7 Å². The first kappa shape index (κ1) is 27.4. The van der Waals surface area contributed by atoms with E-state index in [4.69, 9.17) is 4.84 Å². The van der Waals surface area contributed by atoms with Crippen LogP contribution in [0.2, 0.25) is 0 Å². The lowest BCUT2D eigenvalue weighted by Crippen LogP contribution is -2.33. The minimum Gasteiger partial charge on any atom is -0.409 e. The molecule has 3 aromatic rings. The van der Waals surface area contributed by atoms with Crippen molar-refractivity contribution in [1.82, 2.24) is 15.0 Å². The molecule has 0 radical (unpaired) electrons. The SMILES string of the molecule is CC1=CC(c2cnc3ccn(OCc4ccc(F)cc4C(F)(F)F)c3c2)=CCC(C2CCNCC2)C(C)CC1. The molecule has 0 saturated carbocycles. The van der Waals surface area contributed by atoms with Gasteiger partial charge < -0.3 is 10.2 Å². The molecule has 1 aliphatic heterocycles. The van der Waals surface area contributed by atoms with E-state index in [-0.39, 0.29) is 12.2 Å². The molecule has 0 bridgehead atoms. The Labute approximate surface area is 226 Å². The largest absolute Gasteiger partial charge is 0.416 e. The number of allylic oxidation sites excluding steroid dienone is 4. The summed E-state index contributed by atoms with van der Waals surface area (Å²) in [5.41, 5.74) is 3.55. The molecular weight excluding hydrogens is 506 g/mol. The fraction of sp³-hybridized carbons (Fsp3) is 0.452. The van der Waals surface area contributed by atoms with Gasteiger partial charge in [0.25, 0.3) is 0 Å². The van der Waals surface area contributed by atoms with Gasteiger partial charge in [0.1, 0.15) is 17.9 Å². The van der Waals surface area contributed by atoms with Gasteiger partial charge in [0.05, 0.1) is 11.1 Å². The number of benzene rings is 1. The highest BCUT2D eigenvalue weighted by Crippen LogP contribution is 2.37. The van der Waals surface area contributed by atoms with Crippen LogP contribution in [0, 0.1) is 23.6 Å². The number of halogens is 4. The Kier molecular flexibility index (Phi) is 8.12. The van der Waals surface area contributed by atoms with Crippen molar-refractivity contribution in [2.75, 3.05) is 13.1 Å². The van der Waals surface area contributed by atoms with Gasteiger partial charge in [-0.15, -0.1) is 0 Å². The number of hydrogen-bond donors (Lipinski definition) is 1. The van der Waals surface area contributed by atoms with Crippen molar-refractivity contribution < 1.29 is 22.4 Å². The molecule has 208 valence electrons. The molecule has 5 rings (SSSR count). The van der Waals surface area contributed by atoms with Crippen molar-refractivity contribution in [3.05, 3.63) is 83.0 Å². The number of nitrogens with zero attached hydrogens (tertiary/aromatic N) is 2. The topological polar surface area (TPSA) is 39.1 Å². The molecule has 2 atom stereocenters. The highest BCUT2D eigenvalue weighted by atomic mass is 19.4. The Balaban J connectivity index is 1.42. The van der Waals surface area contributed by atoms with Gasteiger partial charge in [0.2, 0.25) is 0 Å². The average molecular weight is 542 g/mol. The van der Waals surface area contributed by atoms with Crippen molar-refractivity contribution >= 4 is 16.6 Å². The Morgan fingerprint density at radius 1 is 1.10 bits per heavy atom. The van der Waals surface area contributed by atoms with E-state index in [2.05, 4.69) is 36.3 Å². The van der Waals surface area contributed by atoms with Crippen LogP contribution in [0.4, 0.5) is 17.6 Å². The average Bonchev–Trinajstić information content (AvgIpc) is 3.34. The maximum atomic E-state index is 13.5. The third kappa shape index (κ3) is 6.38. The van der Waals surface area contributed by atoms with E-state index in [1.807, 2.05) is 12.3 Å². The molecule has 1 aliphatic carbocycles. The molecule has 2 aromatic heterocycles. The standard InChI is InChI=1S/C31H35F4N3O/c1-20-3-4-21(2)27(22-9-12-36-13-10-22)8-6-23(15-20)25-16-30-29(37-18-25)11-14-38(30)39-19-24-5-7-26(32)17-28(24)31(33,34)35/h5-7,11,14-18,21-22,27,36H,3-4,8-10,12-13,19H2,1-2H3. The second-order valence-electron chi connectivity index (χ2n) is 11.0. The number of hydrogen-bond acceptors (Lipinski definition) is 3. The van der Waals surface area contributed by atoms with E-state index in [1.54, 1.807) is 12.3 Å². The van der Waals surface area contributed by atoms with Gasteiger partial charge in [0.15, 0.2) is 0 Å². The molecule has 39 heavy (non-hydrogen) atoms. The number of rotatable bonds is 5. The van der Waals surface area contributed by atoms with E-state index in [1.165, 1.54) is 29.6 Å². The molecular formula is C31H35F4N3O. The van der Waals surface area contributed by atoms with Crippen LogP contribution in [0.5, 0.6) is 0 Å². The van der Waals surface area contributed by atoms with Crippen LogP contribution in [0.3, 0.4) is 0 Å². The molecule has 1 N–H and O–H groups in total. The second kappa shape index (κ2) is 11.5. The summed E-state index contributed by atoms with van der Waals surface area (Å²) in [4.78, 5) is 10.4. The van der Waals surface area contributed by atoms with Crippen LogP contribution in [-0.2, 0) is 12.8 Å². The number of nitrogens with one attached hydrogen (secondary N) is 1. The Hall–Kier alpha value is -3.13. The van der Waals surface area contributed by atoms with Crippen LogP contribution in [0.1, 0.15) is 62.6 Å². The predicted octanol–water partition coefficient (Wildman–Crippen LogP) is 7.59. The Morgan fingerprint density at radius 2 is 1.90 bits per heavy atom. The van der Waals surface area contributed by atoms with Gasteiger partial charge >= 0.3 is 6.18 Å². The number of pyridine rings is 1.